The number of thiocarbonyl (C=S) groups is 1. The Morgan fingerprint density at radius 1 is 1.36 bits per heavy atom. The number of aliphatic hydroxyl groups excluding tert-OH is 1. The van der Waals surface area contributed by atoms with Gasteiger partial charge in [0.1, 0.15) is 5.75 Å². The summed E-state index contributed by atoms with van der Waals surface area (Å²) < 4.78 is 5.70. The number of hydrogen-bond donors (Lipinski definition) is 3. The number of aliphatic hydroxyl groups is 1. The number of amides is 1. The summed E-state index contributed by atoms with van der Waals surface area (Å²) in [5.74, 6) is 0.350. The molecule has 2 atom stereocenters. The van der Waals surface area contributed by atoms with Gasteiger partial charge in [0.05, 0.1) is 18.8 Å². The molecule has 0 fully saturated rings. The highest BCUT2D eigenvalue weighted by Gasteiger charge is 2.12. The summed E-state index contributed by atoms with van der Waals surface area (Å²) in [5, 5.41) is 14.8. The minimum atomic E-state index is -0.306. The van der Waals surface area contributed by atoms with Crippen molar-refractivity contribution in [2.24, 2.45) is 0 Å². The maximum atomic E-state index is 12.2. The van der Waals surface area contributed by atoms with Gasteiger partial charge in [0.15, 0.2) is 5.11 Å². The molecule has 0 aliphatic carbocycles. The van der Waals surface area contributed by atoms with Crippen molar-refractivity contribution in [3.63, 3.8) is 0 Å². The second-order valence-corrected chi connectivity index (χ2v) is 5.49. The molecule has 0 radical (unpaired) electrons. The van der Waals surface area contributed by atoms with Crippen LogP contribution in [0.4, 0.5) is 0 Å². The zero-order valence-corrected chi connectivity index (χ0v) is 14.1. The molecule has 22 heavy (non-hydrogen) atoms. The Hall–Kier alpha value is -1.66. The summed E-state index contributed by atoms with van der Waals surface area (Å²) in [6.07, 6.45) is 1.70. The molecular weight excluding hydrogens is 300 g/mol. The molecule has 3 N–H and O–H groups in total. The first-order valence-corrected chi connectivity index (χ1v) is 7.90. The highest BCUT2D eigenvalue weighted by molar-refractivity contribution is 7.80. The van der Waals surface area contributed by atoms with Crippen molar-refractivity contribution in [3.05, 3.63) is 29.8 Å². The van der Waals surface area contributed by atoms with Crippen molar-refractivity contribution in [1.82, 2.24) is 10.6 Å². The lowest BCUT2D eigenvalue weighted by molar-refractivity contribution is 0.0975. The van der Waals surface area contributed by atoms with Gasteiger partial charge < -0.3 is 15.2 Å². The van der Waals surface area contributed by atoms with Crippen LogP contribution in [0.5, 0.6) is 5.75 Å². The zero-order valence-electron chi connectivity index (χ0n) is 13.3. The standard InChI is InChI=1S/C16H24N2O3S/c1-4-11(3)21-14-8-6-7-12(9-14)15(20)18-16(22)17-13(5-2)10-19/h6-9,11,13,19H,4-5,10H2,1-3H3,(H2,17,18,20,22). The number of rotatable bonds is 7. The zero-order chi connectivity index (χ0) is 16.5. The molecule has 0 saturated carbocycles. The van der Waals surface area contributed by atoms with Gasteiger partial charge in [0.25, 0.3) is 5.91 Å². The van der Waals surface area contributed by atoms with E-state index < -0.39 is 0 Å². The van der Waals surface area contributed by atoms with E-state index in [0.717, 1.165) is 6.42 Å². The highest BCUT2D eigenvalue weighted by Crippen LogP contribution is 2.15. The lowest BCUT2D eigenvalue weighted by atomic mass is 10.2. The minimum Gasteiger partial charge on any atom is -0.491 e. The van der Waals surface area contributed by atoms with Crippen LogP contribution in [0.3, 0.4) is 0 Å². The molecule has 0 spiro atoms. The van der Waals surface area contributed by atoms with Gasteiger partial charge in [-0.2, -0.15) is 0 Å². The molecule has 1 amide bonds. The first kappa shape index (κ1) is 18.4. The van der Waals surface area contributed by atoms with E-state index in [1.54, 1.807) is 18.2 Å². The maximum absolute atomic E-state index is 12.2. The van der Waals surface area contributed by atoms with Crippen molar-refractivity contribution in [1.29, 1.82) is 0 Å². The average molecular weight is 324 g/mol. The van der Waals surface area contributed by atoms with E-state index in [9.17, 15) is 4.79 Å². The molecule has 0 saturated heterocycles. The van der Waals surface area contributed by atoms with E-state index >= 15 is 0 Å². The Bertz CT molecular complexity index is 504. The lowest BCUT2D eigenvalue weighted by Crippen LogP contribution is -2.45. The predicted molar refractivity (Wildman–Crippen MR) is 91.2 cm³/mol. The third kappa shape index (κ3) is 5.99. The lowest BCUT2D eigenvalue weighted by Gasteiger charge is -2.17. The summed E-state index contributed by atoms with van der Waals surface area (Å²) in [6.45, 7) is 5.90. The van der Waals surface area contributed by atoms with Gasteiger partial charge in [0.2, 0.25) is 0 Å². The highest BCUT2D eigenvalue weighted by atomic mass is 32.1. The topological polar surface area (TPSA) is 70.6 Å². The summed E-state index contributed by atoms with van der Waals surface area (Å²) in [6, 6.07) is 6.82. The predicted octanol–water partition coefficient (Wildman–Crippen LogP) is 2.24. The molecule has 0 aliphatic heterocycles. The number of ether oxygens (including phenoxy) is 1. The molecular formula is C16H24N2O3S. The second kappa shape index (κ2) is 9.38. The van der Waals surface area contributed by atoms with E-state index in [4.69, 9.17) is 22.1 Å². The van der Waals surface area contributed by atoms with Crippen LogP contribution < -0.4 is 15.4 Å². The molecule has 6 heteroatoms. The summed E-state index contributed by atoms with van der Waals surface area (Å²) in [5.41, 5.74) is 0.474. The van der Waals surface area contributed by atoms with Crippen LogP contribution in [0.2, 0.25) is 0 Å². The summed E-state index contributed by atoms with van der Waals surface area (Å²) >= 11 is 5.08. The molecule has 1 rings (SSSR count). The van der Waals surface area contributed by atoms with Gasteiger partial charge in [-0.1, -0.05) is 19.9 Å². The normalized spacial score (nSPS) is 13.1. The minimum absolute atomic E-state index is 0.0370. The van der Waals surface area contributed by atoms with Gasteiger partial charge in [-0.25, -0.2) is 0 Å². The third-order valence-electron chi connectivity index (χ3n) is 3.28. The van der Waals surface area contributed by atoms with E-state index in [2.05, 4.69) is 10.6 Å². The van der Waals surface area contributed by atoms with Crippen LogP contribution in [0.15, 0.2) is 24.3 Å². The number of carbonyl (C=O) groups excluding carboxylic acids is 1. The Kier molecular flexibility index (Phi) is 7.84. The summed E-state index contributed by atoms with van der Waals surface area (Å²) in [4.78, 5) is 12.2. The first-order chi connectivity index (χ1) is 10.5. The van der Waals surface area contributed by atoms with Crippen molar-refractivity contribution >= 4 is 23.2 Å². The second-order valence-electron chi connectivity index (χ2n) is 5.08. The van der Waals surface area contributed by atoms with Gasteiger partial charge in [0, 0.05) is 5.56 Å². The quantitative estimate of drug-likeness (QED) is 0.671. The molecule has 1 aromatic rings. The first-order valence-electron chi connectivity index (χ1n) is 7.49. The molecule has 0 aromatic heterocycles. The average Bonchev–Trinajstić information content (AvgIpc) is 2.52. The molecule has 2 unspecified atom stereocenters. The molecule has 0 heterocycles. The molecule has 1 aromatic carbocycles. The number of carbonyl (C=O) groups is 1. The van der Waals surface area contributed by atoms with E-state index in [1.165, 1.54) is 0 Å². The number of nitrogens with one attached hydrogen (secondary N) is 2. The SMILES string of the molecule is CCC(CO)NC(=S)NC(=O)c1cccc(OC(C)CC)c1. The van der Waals surface area contributed by atoms with E-state index in [-0.39, 0.29) is 29.8 Å². The van der Waals surface area contributed by atoms with Crippen LogP contribution >= 0.6 is 12.2 Å². The van der Waals surface area contributed by atoms with Crippen LogP contribution in [-0.2, 0) is 0 Å². The van der Waals surface area contributed by atoms with Crippen molar-refractivity contribution in [3.8, 4) is 5.75 Å². The van der Waals surface area contributed by atoms with Gasteiger partial charge in [-0.05, 0) is 50.2 Å². The van der Waals surface area contributed by atoms with Crippen LogP contribution in [0, 0.1) is 0 Å². The van der Waals surface area contributed by atoms with Crippen LogP contribution in [-0.4, -0.2) is 34.9 Å². The van der Waals surface area contributed by atoms with E-state index in [0.29, 0.717) is 17.7 Å². The third-order valence-corrected chi connectivity index (χ3v) is 3.50. The fourth-order valence-electron chi connectivity index (χ4n) is 1.70. The van der Waals surface area contributed by atoms with E-state index in [1.807, 2.05) is 26.8 Å². The van der Waals surface area contributed by atoms with Gasteiger partial charge in [-0.15, -0.1) is 0 Å². The van der Waals surface area contributed by atoms with Crippen molar-refractivity contribution < 1.29 is 14.6 Å². The van der Waals surface area contributed by atoms with Crippen LogP contribution in [0.1, 0.15) is 44.0 Å². The summed E-state index contributed by atoms with van der Waals surface area (Å²) in [7, 11) is 0. The molecule has 0 bridgehead atoms. The maximum Gasteiger partial charge on any atom is 0.257 e. The van der Waals surface area contributed by atoms with Gasteiger partial charge in [-0.3, -0.25) is 10.1 Å². The largest absolute Gasteiger partial charge is 0.491 e. The Morgan fingerprint density at radius 2 is 2.09 bits per heavy atom. The fourth-order valence-corrected chi connectivity index (χ4v) is 1.96. The van der Waals surface area contributed by atoms with Crippen LogP contribution in [0.25, 0.3) is 0 Å². The fraction of sp³-hybridized carbons (Fsp3) is 0.500. The number of benzene rings is 1. The Balaban J connectivity index is 2.65. The smallest absolute Gasteiger partial charge is 0.257 e. The Labute approximate surface area is 137 Å². The number of hydrogen-bond acceptors (Lipinski definition) is 4. The molecule has 122 valence electrons. The van der Waals surface area contributed by atoms with Gasteiger partial charge >= 0.3 is 0 Å². The Morgan fingerprint density at radius 3 is 2.68 bits per heavy atom. The van der Waals surface area contributed by atoms with Crippen molar-refractivity contribution in [2.75, 3.05) is 6.61 Å². The molecule has 0 aliphatic rings. The van der Waals surface area contributed by atoms with Crippen molar-refractivity contribution in [2.45, 2.75) is 45.8 Å². The molecule has 5 nitrogen and oxygen atoms in total. The monoisotopic (exact) mass is 324 g/mol.